The summed E-state index contributed by atoms with van der Waals surface area (Å²) in [7, 11) is -5.09. The van der Waals surface area contributed by atoms with Crippen molar-refractivity contribution in [3.05, 3.63) is 58.6 Å². The Morgan fingerprint density at radius 2 is 1.75 bits per heavy atom. The van der Waals surface area contributed by atoms with Gasteiger partial charge in [0.05, 0.1) is 35.7 Å². The smallest absolute Gasteiger partial charge is 0.216 e. The number of halogens is 2. The van der Waals surface area contributed by atoms with Crippen LogP contribution in [0.5, 0.6) is 11.6 Å². The van der Waals surface area contributed by atoms with E-state index in [0.29, 0.717) is 27.9 Å². The lowest BCUT2D eigenvalue weighted by Gasteiger charge is -2.36. The van der Waals surface area contributed by atoms with Crippen LogP contribution in [0.4, 0.5) is 5.69 Å². The van der Waals surface area contributed by atoms with Crippen molar-refractivity contribution >= 4 is 47.6 Å². The van der Waals surface area contributed by atoms with Crippen LogP contribution in [-0.4, -0.2) is 56.0 Å². The number of hydrogen-bond acceptors (Lipinski definition) is 9. The molecule has 1 aliphatic heterocycles. The van der Waals surface area contributed by atoms with Crippen molar-refractivity contribution < 1.29 is 28.3 Å². The van der Waals surface area contributed by atoms with E-state index in [4.69, 9.17) is 32.7 Å². The Morgan fingerprint density at radius 3 is 2.53 bits per heavy atom. The molecule has 194 valence electrons. The lowest BCUT2D eigenvalue weighted by atomic mass is 10.2. The van der Waals surface area contributed by atoms with Crippen LogP contribution in [0.3, 0.4) is 0 Å². The molecule has 2 heterocycles. The first-order valence-electron chi connectivity index (χ1n) is 11.5. The van der Waals surface area contributed by atoms with Crippen molar-refractivity contribution in [2.45, 2.75) is 12.8 Å². The van der Waals surface area contributed by atoms with Crippen LogP contribution in [-0.2, 0) is 9.09 Å². The third-order valence-electron chi connectivity index (χ3n) is 5.84. The highest BCUT2D eigenvalue weighted by Crippen LogP contribution is 2.33. The van der Waals surface area contributed by atoms with Gasteiger partial charge in [-0.25, -0.2) is 4.98 Å². The minimum Gasteiger partial charge on any atom is -0.790 e. The third-order valence-corrected chi connectivity index (χ3v) is 7.07. The summed E-state index contributed by atoms with van der Waals surface area (Å²) in [5, 5.41) is 2.06. The minimum atomic E-state index is -5.09. The maximum absolute atomic E-state index is 10.5. The fourth-order valence-electron chi connectivity index (χ4n) is 3.98. The van der Waals surface area contributed by atoms with E-state index < -0.39 is 14.6 Å². The van der Waals surface area contributed by atoms with Crippen LogP contribution in [0.1, 0.15) is 12.8 Å². The first kappa shape index (κ1) is 26.9. The van der Waals surface area contributed by atoms with E-state index in [1.54, 1.807) is 24.3 Å². The number of hydrogen-bond donors (Lipinski definition) is 0. The minimum absolute atomic E-state index is 0.144. The Morgan fingerprint density at radius 1 is 0.972 bits per heavy atom. The molecule has 0 bridgehead atoms. The lowest BCUT2D eigenvalue weighted by Crippen LogP contribution is -2.46. The number of unbranched alkanes of at least 4 members (excludes halogenated alkanes) is 1. The summed E-state index contributed by atoms with van der Waals surface area (Å²) in [5.41, 5.74) is 1.61. The third kappa shape index (κ3) is 7.70. The van der Waals surface area contributed by atoms with Crippen molar-refractivity contribution in [3.8, 4) is 11.6 Å². The molecule has 1 aliphatic rings. The zero-order valence-corrected chi connectivity index (χ0v) is 21.9. The van der Waals surface area contributed by atoms with Gasteiger partial charge in [0.25, 0.3) is 0 Å². The molecule has 0 radical (unpaired) electrons. The number of rotatable bonds is 11. The van der Waals surface area contributed by atoms with Crippen LogP contribution >= 0.6 is 31.0 Å². The molecule has 4 rings (SSSR count). The van der Waals surface area contributed by atoms with E-state index in [0.717, 1.165) is 56.6 Å². The van der Waals surface area contributed by atoms with Crippen molar-refractivity contribution in [1.82, 2.24) is 9.88 Å². The topological polar surface area (TPSA) is 110 Å². The Labute approximate surface area is 219 Å². The second-order valence-corrected chi connectivity index (χ2v) is 10.2. The van der Waals surface area contributed by atoms with Crippen LogP contribution in [0, 0.1) is 0 Å². The van der Waals surface area contributed by atoms with Crippen LogP contribution in [0.15, 0.2) is 48.5 Å². The van der Waals surface area contributed by atoms with E-state index in [1.807, 2.05) is 24.3 Å². The van der Waals surface area contributed by atoms with Crippen molar-refractivity contribution in [1.29, 1.82) is 0 Å². The first-order chi connectivity index (χ1) is 17.3. The van der Waals surface area contributed by atoms with Crippen molar-refractivity contribution in [2.24, 2.45) is 0 Å². The summed E-state index contributed by atoms with van der Waals surface area (Å²) in [6, 6.07) is 14.6. The van der Waals surface area contributed by atoms with E-state index >= 15 is 0 Å². The molecule has 1 fully saturated rings. The van der Waals surface area contributed by atoms with E-state index in [-0.39, 0.29) is 5.88 Å². The molecule has 0 atom stereocenters. The molecule has 0 N–H and O–H groups in total. The Kier molecular flexibility index (Phi) is 9.30. The second kappa shape index (κ2) is 12.4. The molecular formula is C24H26Cl2N3O6P-2. The first-order valence-corrected chi connectivity index (χ1v) is 13.7. The van der Waals surface area contributed by atoms with Gasteiger partial charge in [0.2, 0.25) is 5.88 Å². The van der Waals surface area contributed by atoms with Gasteiger partial charge in [-0.15, -0.1) is 0 Å². The van der Waals surface area contributed by atoms with Crippen LogP contribution in [0.2, 0.25) is 10.0 Å². The van der Waals surface area contributed by atoms with Crippen molar-refractivity contribution in [3.63, 3.8) is 0 Å². The summed E-state index contributed by atoms with van der Waals surface area (Å²) < 4.78 is 25.6. The molecule has 0 saturated carbocycles. The summed E-state index contributed by atoms with van der Waals surface area (Å²) in [4.78, 5) is 30.1. The highest BCUT2D eigenvalue weighted by Gasteiger charge is 2.19. The number of phosphoric ester groups is 1. The molecule has 1 aromatic heterocycles. The fraction of sp³-hybridized carbons (Fsp3) is 0.375. The number of anilines is 1. The predicted molar refractivity (Wildman–Crippen MR) is 136 cm³/mol. The van der Waals surface area contributed by atoms with Gasteiger partial charge in [0, 0.05) is 43.7 Å². The molecule has 0 unspecified atom stereocenters. The number of pyridine rings is 1. The zero-order valence-electron chi connectivity index (χ0n) is 19.5. The number of aromatic nitrogens is 1. The number of phosphoric acid groups is 1. The van der Waals surface area contributed by atoms with Gasteiger partial charge < -0.3 is 33.2 Å². The summed E-state index contributed by atoms with van der Waals surface area (Å²) in [5.74, 6) is 0.824. The Balaban J connectivity index is 1.18. The number of ether oxygens (including phenoxy) is 2. The molecule has 9 nitrogen and oxygen atoms in total. The molecule has 0 spiro atoms. The summed E-state index contributed by atoms with van der Waals surface area (Å²) >= 11 is 12.5. The molecular weight excluding hydrogens is 528 g/mol. The SMILES string of the molecule is O=P([O-])([O-])OCOc1ccc2ccc(OCCCCN3CCN(c4cccc(Cl)c4Cl)CC3)cc2n1. The van der Waals surface area contributed by atoms with E-state index in [9.17, 15) is 14.4 Å². The van der Waals surface area contributed by atoms with Crippen LogP contribution in [0.25, 0.3) is 10.9 Å². The van der Waals surface area contributed by atoms with Gasteiger partial charge in [-0.3, -0.25) is 4.90 Å². The predicted octanol–water partition coefficient (Wildman–Crippen LogP) is 3.70. The Hall–Kier alpha value is -2.10. The van der Waals surface area contributed by atoms with Gasteiger partial charge in [0.15, 0.2) is 6.79 Å². The normalized spacial score (nSPS) is 14.8. The summed E-state index contributed by atoms with van der Waals surface area (Å²) in [6.45, 7) is 4.62. The van der Waals surface area contributed by atoms with Gasteiger partial charge in [-0.2, -0.15) is 0 Å². The molecule has 2 aromatic carbocycles. The number of benzene rings is 2. The quantitative estimate of drug-likeness (QED) is 0.199. The molecule has 12 heteroatoms. The van der Waals surface area contributed by atoms with Gasteiger partial charge in [-0.1, -0.05) is 29.3 Å². The average Bonchev–Trinajstić information content (AvgIpc) is 2.85. The molecule has 1 saturated heterocycles. The maximum atomic E-state index is 10.5. The molecule has 0 aliphatic carbocycles. The molecule has 36 heavy (non-hydrogen) atoms. The lowest BCUT2D eigenvalue weighted by molar-refractivity contribution is -0.344. The summed E-state index contributed by atoms with van der Waals surface area (Å²) in [6.07, 6.45) is 1.93. The molecule has 3 aromatic rings. The number of piperazine rings is 1. The molecule has 0 amide bonds. The van der Waals surface area contributed by atoms with Gasteiger partial charge >= 0.3 is 0 Å². The fourth-order valence-corrected chi connectivity index (χ4v) is 4.57. The van der Waals surface area contributed by atoms with E-state index in [2.05, 4.69) is 19.3 Å². The number of fused-ring (bicyclic) bond motifs is 1. The van der Waals surface area contributed by atoms with Crippen LogP contribution < -0.4 is 24.2 Å². The van der Waals surface area contributed by atoms with Gasteiger partial charge in [-0.05, 0) is 49.7 Å². The monoisotopic (exact) mass is 553 g/mol. The highest BCUT2D eigenvalue weighted by molar-refractivity contribution is 7.43. The highest BCUT2D eigenvalue weighted by atomic mass is 35.5. The van der Waals surface area contributed by atoms with E-state index in [1.165, 1.54) is 0 Å². The largest absolute Gasteiger partial charge is 0.790 e. The van der Waals surface area contributed by atoms with Crippen molar-refractivity contribution in [2.75, 3.05) is 51.0 Å². The second-order valence-electron chi connectivity index (χ2n) is 8.30. The van der Waals surface area contributed by atoms with Gasteiger partial charge in [0.1, 0.15) is 5.75 Å². The number of nitrogens with zero attached hydrogens (tertiary/aromatic N) is 3. The Bertz CT molecular complexity index is 1220. The maximum Gasteiger partial charge on any atom is 0.216 e. The average molecular weight is 554 g/mol. The standard InChI is InChI=1S/C24H28Cl2N3O6P/c25-20-4-3-5-22(24(20)26)29-13-11-28(12-14-29)10-1-2-15-33-19-8-6-18-7-9-23(27-21(18)16-19)34-17-35-36(30,31)32/h3-9,16H,1-2,10-15,17H2,(H2,30,31,32)/p-2. The zero-order chi connectivity index (χ0) is 25.5.